The molecule has 1 saturated carbocycles. The summed E-state index contributed by atoms with van der Waals surface area (Å²) in [5.74, 6) is 1.25. The molecule has 4 nitrogen and oxygen atoms in total. The smallest absolute Gasteiger partial charge is 0.262 e. The Hall–Kier alpha value is -1.42. The quantitative estimate of drug-likeness (QED) is 0.894. The van der Waals surface area contributed by atoms with Gasteiger partial charge in [0.1, 0.15) is 5.75 Å². The monoisotopic (exact) mass is 294 g/mol. The van der Waals surface area contributed by atoms with Crippen molar-refractivity contribution >= 4 is 28.9 Å². The van der Waals surface area contributed by atoms with Crippen LogP contribution < -0.4 is 15.4 Å². The lowest BCUT2D eigenvalue weighted by Crippen LogP contribution is -2.26. The summed E-state index contributed by atoms with van der Waals surface area (Å²) >= 11 is 6.31. The molecule has 1 aromatic carbocycles. The van der Waals surface area contributed by atoms with E-state index in [1.165, 1.54) is 25.7 Å². The highest BCUT2D eigenvalue weighted by molar-refractivity contribution is 6.33. The Kier molecular flexibility index (Phi) is 3.74. The van der Waals surface area contributed by atoms with Crippen molar-refractivity contribution in [3.8, 4) is 5.75 Å². The molecule has 0 saturated heterocycles. The number of amides is 1. The van der Waals surface area contributed by atoms with Gasteiger partial charge < -0.3 is 15.4 Å². The molecule has 0 aromatic heterocycles. The minimum Gasteiger partial charge on any atom is -0.482 e. The number of nitrogens with one attached hydrogen (secondary N) is 2. The third kappa shape index (κ3) is 2.57. The zero-order valence-corrected chi connectivity index (χ0v) is 12.3. The number of ether oxygens (including phenoxy) is 1. The number of halogens is 1. The molecule has 1 aliphatic carbocycles. The van der Waals surface area contributed by atoms with Crippen molar-refractivity contribution in [2.75, 3.05) is 17.2 Å². The van der Waals surface area contributed by atoms with E-state index in [1.807, 2.05) is 6.07 Å². The van der Waals surface area contributed by atoms with E-state index in [4.69, 9.17) is 16.3 Å². The molecule has 1 aliphatic heterocycles. The number of hydrogen-bond acceptors (Lipinski definition) is 3. The SMILES string of the molecule is CCC1CCCC1Nc1cc2c(cc1Cl)NC(=O)CO2. The lowest BCUT2D eigenvalue weighted by atomic mass is 10.0. The lowest BCUT2D eigenvalue weighted by Gasteiger charge is -2.24. The standard InChI is InChI=1S/C15H19ClN2O2/c1-2-9-4-3-5-11(9)17-12-7-14-13(6-10(12)16)18-15(19)8-20-14/h6-7,9,11,17H,2-5,8H2,1H3,(H,18,19). The number of rotatable bonds is 3. The molecule has 2 N–H and O–H groups in total. The highest BCUT2D eigenvalue weighted by atomic mass is 35.5. The van der Waals surface area contributed by atoms with Crippen LogP contribution in [0, 0.1) is 5.92 Å². The Morgan fingerprint density at radius 1 is 1.45 bits per heavy atom. The van der Waals surface area contributed by atoms with Crippen LogP contribution in [0.5, 0.6) is 5.75 Å². The zero-order chi connectivity index (χ0) is 14.1. The second-order valence-corrected chi connectivity index (χ2v) is 5.92. The number of fused-ring (bicyclic) bond motifs is 1. The summed E-state index contributed by atoms with van der Waals surface area (Å²) in [7, 11) is 0. The van der Waals surface area contributed by atoms with Crippen molar-refractivity contribution in [1.82, 2.24) is 0 Å². The summed E-state index contributed by atoms with van der Waals surface area (Å²) in [6.45, 7) is 2.30. The fourth-order valence-electron chi connectivity index (χ4n) is 3.13. The first-order chi connectivity index (χ1) is 9.67. The maximum Gasteiger partial charge on any atom is 0.262 e. The maximum absolute atomic E-state index is 11.3. The van der Waals surface area contributed by atoms with E-state index in [0.29, 0.717) is 28.4 Å². The van der Waals surface area contributed by atoms with Crippen LogP contribution in [0.3, 0.4) is 0 Å². The molecule has 1 amide bonds. The minimum atomic E-state index is -0.142. The Balaban J connectivity index is 1.82. The van der Waals surface area contributed by atoms with Crippen LogP contribution in [0.2, 0.25) is 5.02 Å². The predicted molar refractivity (Wildman–Crippen MR) is 80.6 cm³/mol. The van der Waals surface area contributed by atoms with Gasteiger partial charge in [0.05, 0.1) is 16.4 Å². The van der Waals surface area contributed by atoms with Crippen LogP contribution in [-0.2, 0) is 4.79 Å². The largest absolute Gasteiger partial charge is 0.482 e. The molecule has 5 heteroatoms. The normalized spacial score (nSPS) is 24.8. The number of benzene rings is 1. The fourth-order valence-corrected chi connectivity index (χ4v) is 3.34. The van der Waals surface area contributed by atoms with E-state index in [9.17, 15) is 4.79 Å². The minimum absolute atomic E-state index is 0.0646. The molecule has 0 radical (unpaired) electrons. The van der Waals surface area contributed by atoms with E-state index in [-0.39, 0.29) is 12.5 Å². The van der Waals surface area contributed by atoms with Gasteiger partial charge in [-0.05, 0) is 24.8 Å². The van der Waals surface area contributed by atoms with E-state index in [1.54, 1.807) is 6.07 Å². The van der Waals surface area contributed by atoms with Gasteiger partial charge in [0, 0.05) is 12.1 Å². The van der Waals surface area contributed by atoms with Gasteiger partial charge in [-0.3, -0.25) is 4.79 Å². The van der Waals surface area contributed by atoms with Crippen LogP contribution in [0.15, 0.2) is 12.1 Å². The third-order valence-corrected chi connectivity index (χ3v) is 4.54. The van der Waals surface area contributed by atoms with E-state index < -0.39 is 0 Å². The Morgan fingerprint density at radius 3 is 3.10 bits per heavy atom. The highest BCUT2D eigenvalue weighted by Gasteiger charge is 2.27. The molecular formula is C15H19ClN2O2. The molecular weight excluding hydrogens is 276 g/mol. The van der Waals surface area contributed by atoms with Crippen molar-refractivity contribution in [3.63, 3.8) is 0 Å². The first-order valence-electron chi connectivity index (χ1n) is 7.20. The molecule has 2 unspecified atom stereocenters. The molecule has 20 heavy (non-hydrogen) atoms. The van der Waals surface area contributed by atoms with Crippen molar-refractivity contribution < 1.29 is 9.53 Å². The van der Waals surface area contributed by atoms with Gasteiger partial charge in [-0.25, -0.2) is 0 Å². The van der Waals surface area contributed by atoms with Crippen LogP contribution in [0.4, 0.5) is 11.4 Å². The topological polar surface area (TPSA) is 50.4 Å². The van der Waals surface area contributed by atoms with Gasteiger partial charge in [0.2, 0.25) is 0 Å². The maximum atomic E-state index is 11.3. The van der Waals surface area contributed by atoms with Crippen molar-refractivity contribution in [3.05, 3.63) is 17.2 Å². The molecule has 2 aliphatic rings. The van der Waals surface area contributed by atoms with Crippen LogP contribution in [0.1, 0.15) is 32.6 Å². The van der Waals surface area contributed by atoms with Gasteiger partial charge in [0.25, 0.3) is 5.91 Å². The van der Waals surface area contributed by atoms with Gasteiger partial charge in [0.15, 0.2) is 6.61 Å². The second kappa shape index (κ2) is 5.52. The number of hydrogen-bond donors (Lipinski definition) is 2. The summed E-state index contributed by atoms with van der Waals surface area (Å²) in [5, 5.41) is 6.93. The van der Waals surface area contributed by atoms with Gasteiger partial charge in [-0.1, -0.05) is 31.4 Å². The van der Waals surface area contributed by atoms with Crippen molar-refractivity contribution in [2.45, 2.75) is 38.6 Å². The summed E-state index contributed by atoms with van der Waals surface area (Å²) in [6, 6.07) is 4.13. The zero-order valence-electron chi connectivity index (χ0n) is 11.5. The average molecular weight is 295 g/mol. The number of carbonyl (C=O) groups is 1. The number of carbonyl (C=O) groups excluding carboxylic acids is 1. The molecule has 3 rings (SSSR count). The van der Waals surface area contributed by atoms with E-state index in [2.05, 4.69) is 17.6 Å². The van der Waals surface area contributed by atoms with Crippen LogP contribution in [0.25, 0.3) is 0 Å². The lowest BCUT2D eigenvalue weighted by molar-refractivity contribution is -0.118. The van der Waals surface area contributed by atoms with E-state index in [0.717, 1.165) is 5.69 Å². The van der Waals surface area contributed by atoms with Crippen molar-refractivity contribution in [2.24, 2.45) is 5.92 Å². The fraction of sp³-hybridized carbons (Fsp3) is 0.533. The van der Waals surface area contributed by atoms with Crippen molar-refractivity contribution in [1.29, 1.82) is 0 Å². The molecule has 2 atom stereocenters. The Morgan fingerprint density at radius 2 is 2.30 bits per heavy atom. The molecule has 1 fully saturated rings. The second-order valence-electron chi connectivity index (χ2n) is 5.52. The molecule has 108 valence electrons. The molecule has 0 spiro atoms. The number of anilines is 2. The first kappa shape index (κ1) is 13.6. The first-order valence-corrected chi connectivity index (χ1v) is 7.58. The van der Waals surface area contributed by atoms with Gasteiger partial charge in [-0.2, -0.15) is 0 Å². The summed E-state index contributed by atoms with van der Waals surface area (Å²) < 4.78 is 5.44. The average Bonchev–Trinajstić information content (AvgIpc) is 2.87. The summed E-state index contributed by atoms with van der Waals surface area (Å²) in [5.41, 5.74) is 1.54. The Labute approximate surface area is 123 Å². The molecule has 1 aromatic rings. The van der Waals surface area contributed by atoms with Crippen LogP contribution in [-0.4, -0.2) is 18.6 Å². The van der Waals surface area contributed by atoms with E-state index >= 15 is 0 Å². The Bertz CT molecular complexity index is 533. The third-order valence-electron chi connectivity index (χ3n) is 4.23. The predicted octanol–water partition coefficient (Wildman–Crippen LogP) is 3.66. The van der Waals surface area contributed by atoms with Crippen LogP contribution >= 0.6 is 11.6 Å². The van der Waals surface area contributed by atoms with Gasteiger partial charge in [-0.15, -0.1) is 0 Å². The summed E-state index contributed by atoms with van der Waals surface area (Å²) in [6.07, 6.45) is 4.92. The molecule has 0 bridgehead atoms. The highest BCUT2D eigenvalue weighted by Crippen LogP contribution is 2.38. The molecule has 1 heterocycles. The van der Waals surface area contributed by atoms with Gasteiger partial charge >= 0.3 is 0 Å². The summed E-state index contributed by atoms with van der Waals surface area (Å²) in [4.78, 5) is 11.3.